The Labute approximate surface area is 171 Å². The fourth-order valence-electron chi connectivity index (χ4n) is 2.75. The van der Waals surface area contributed by atoms with Gasteiger partial charge in [-0.15, -0.1) is 0 Å². The lowest BCUT2D eigenvalue weighted by atomic mass is 9.78. The number of benzene rings is 1. The number of furan rings is 1. The standard InChI is InChI=1S/C22H29N3O4/c1-21(2,3)15-10-14(11-16(19(15)27)22(4,5)6)12-24-25-18(26)13-23-20(28)17-8-7-9-29-17/h7-12,27H,13H2,1-6H3,(H,23,28)(H,25,26)/b24-12+. The number of hydrogen-bond acceptors (Lipinski definition) is 5. The molecule has 0 saturated heterocycles. The van der Waals surface area contributed by atoms with E-state index >= 15 is 0 Å². The number of phenols is 1. The van der Waals surface area contributed by atoms with E-state index in [9.17, 15) is 14.7 Å². The number of aromatic hydroxyl groups is 1. The summed E-state index contributed by atoms with van der Waals surface area (Å²) in [6, 6.07) is 6.82. The summed E-state index contributed by atoms with van der Waals surface area (Å²) in [5.41, 5.74) is 4.25. The van der Waals surface area contributed by atoms with Gasteiger partial charge < -0.3 is 14.8 Å². The number of carbonyl (C=O) groups excluding carboxylic acids is 2. The van der Waals surface area contributed by atoms with E-state index in [0.717, 1.165) is 16.7 Å². The Morgan fingerprint density at radius 1 is 1.10 bits per heavy atom. The second kappa shape index (κ2) is 8.51. The normalized spacial score (nSPS) is 12.2. The Morgan fingerprint density at radius 2 is 1.69 bits per heavy atom. The highest BCUT2D eigenvalue weighted by molar-refractivity contribution is 5.94. The third kappa shape index (κ3) is 5.94. The molecule has 0 aliphatic heterocycles. The van der Waals surface area contributed by atoms with Gasteiger partial charge in [-0.1, -0.05) is 41.5 Å². The van der Waals surface area contributed by atoms with Crippen LogP contribution in [0.2, 0.25) is 0 Å². The first-order valence-corrected chi connectivity index (χ1v) is 9.41. The molecule has 2 rings (SSSR count). The van der Waals surface area contributed by atoms with Gasteiger partial charge in [-0.3, -0.25) is 9.59 Å². The van der Waals surface area contributed by atoms with E-state index in [4.69, 9.17) is 4.42 Å². The maximum absolute atomic E-state index is 11.9. The first-order chi connectivity index (χ1) is 13.4. The van der Waals surface area contributed by atoms with Gasteiger partial charge in [-0.05, 0) is 40.7 Å². The molecule has 1 aromatic heterocycles. The Hall–Kier alpha value is -3.09. The fourth-order valence-corrected chi connectivity index (χ4v) is 2.75. The maximum Gasteiger partial charge on any atom is 0.287 e. The van der Waals surface area contributed by atoms with Gasteiger partial charge in [0.2, 0.25) is 0 Å². The van der Waals surface area contributed by atoms with Crippen molar-refractivity contribution in [2.24, 2.45) is 5.10 Å². The molecule has 0 radical (unpaired) electrons. The second-order valence-electron chi connectivity index (χ2n) is 8.92. The molecule has 3 N–H and O–H groups in total. The number of rotatable bonds is 5. The van der Waals surface area contributed by atoms with Gasteiger partial charge in [-0.2, -0.15) is 5.10 Å². The molecule has 0 aliphatic rings. The number of carbonyl (C=O) groups is 2. The molecule has 0 atom stereocenters. The minimum absolute atomic E-state index is 0.134. The molecule has 0 saturated carbocycles. The van der Waals surface area contributed by atoms with Gasteiger partial charge in [0.05, 0.1) is 19.0 Å². The van der Waals surface area contributed by atoms with Crippen LogP contribution in [-0.4, -0.2) is 29.7 Å². The number of hydrogen-bond donors (Lipinski definition) is 3. The van der Waals surface area contributed by atoms with Crippen molar-refractivity contribution in [2.45, 2.75) is 52.4 Å². The lowest BCUT2D eigenvalue weighted by Crippen LogP contribution is -2.34. The van der Waals surface area contributed by atoms with E-state index in [1.54, 1.807) is 6.07 Å². The van der Waals surface area contributed by atoms with Crippen molar-refractivity contribution in [3.05, 3.63) is 53.0 Å². The predicted molar refractivity (Wildman–Crippen MR) is 112 cm³/mol. The van der Waals surface area contributed by atoms with Crippen molar-refractivity contribution in [2.75, 3.05) is 6.54 Å². The molecule has 156 valence electrons. The van der Waals surface area contributed by atoms with Gasteiger partial charge in [0, 0.05) is 11.1 Å². The second-order valence-corrected chi connectivity index (χ2v) is 8.92. The summed E-state index contributed by atoms with van der Waals surface area (Å²) < 4.78 is 4.96. The highest BCUT2D eigenvalue weighted by atomic mass is 16.3. The summed E-state index contributed by atoms with van der Waals surface area (Å²) in [7, 11) is 0. The first kappa shape index (κ1) is 22.2. The summed E-state index contributed by atoms with van der Waals surface area (Å²) in [5, 5.41) is 17.2. The molecular weight excluding hydrogens is 370 g/mol. The number of nitrogens with one attached hydrogen (secondary N) is 2. The van der Waals surface area contributed by atoms with E-state index in [1.165, 1.54) is 18.5 Å². The van der Waals surface area contributed by atoms with Crippen molar-refractivity contribution >= 4 is 18.0 Å². The van der Waals surface area contributed by atoms with E-state index in [1.807, 2.05) is 53.7 Å². The fraction of sp³-hybridized carbons (Fsp3) is 0.409. The largest absolute Gasteiger partial charge is 0.507 e. The van der Waals surface area contributed by atoms with Crippen LogP contribution < -0.4 is 10.7 Å². The van der Waals surface area contributed by atoms with Crippen molar-refractivity contribution in [1.29, 1.82) is 0 Å². The highest BCUT2D eigenvalue weighted by Crippen LogP contribution is 2.39. The van der Waals surface area contributed by atoms with Crippen LogP contribution in [0.15, 0.2) is 40.0 Å². The minimum atomic E-state index is -0.475. The molecule has 7 nitrogen and oxygen atoms in total. The predicted octanol–water partition coefficient (Wildman–Crippen LogP) is 3.46. The molecule has 0 unspecified atom stereocenters. The molecule has 29 heavy (non-hydrogen) atoms. The molecular formula is C22H29N3O4. The van der Waals surface area contributed by atoms with Crippen LogP contribution in [0, 0.1) is 0 Å². The van der Waals surface area contributed by atoms with Crippen molar-refractivity contribution in [3.63, 3.8) is 0 Å². The number of nitrogens with zero attached hydrogens (tertiary/aromatic N) is 1. The minimum Gasteiger partial charge on any atom is -0.507 e. The summed E-state index contributed by atoms with van der Waals surface area (Å²) >= 11 is 0. The van der Waals surface area contributed by atoms with Crippen LogP contribution in [0.25, 0.3) is 0 Å². The molecule has 7 heteroatoms. The van der Waals surface area contributed by atoms with E-state index in [0.29, 0.717) is 0 Å². The maximum atomic E-state index is 11.9. The summed E-state index contributed by atoms with van der Waals surface area (Å²) in [6.07, 6.45) is 2.91. The van der Waals surface area contributed by atoms with Gasteiger partial charge in [0.1, 0.15) is 5.75 Å². The molecule has 0 aliphatic carbocycles. The average Bonchev–Trinajstić information content (AvgIpc) is 3.13. The van der Waals surface area contributed by atoms with Crippen LogP contribution in [0.3, 0.4) is 0 Å². The van der Waals surface area contributed by atoms with Gasteiger partial charge in [0.25, 0.3) is 11.8 Å². The summed E-state index contributed by atoms with van der Waals surface area (Å²) in [4.78, 5) is 23.7. The van der Waals surface area contributed by atoms with E-state index in [-0.39, 0.29) is 28.9 Å². The Bertz CT molecular complexity index is 866. The topological polar surface area (TPSA) is 104 Å². The first-order valence-electron chi connectivity index (χ1n) is 9.41. The zero-order valence-corrected chi connectivity index (χ0v) is 17.8. The highest BCUT2D eigenvalue weighted by Gasteiger charge is 2.26. The van der Waals surface area contributed by atoms with Crippen LogP contribution in [0.4, 0.5) is 0 Å². The van der Waals surface area contributed by atoms with E-state index in [2.05, 4.69) is 15.8 Å². The smallest absolute Gasteiger partial charge is 0.287 e. The number of hydrazone groups is 1. The van der Waals surface area contributed by atoms with Crippen LogP contribution in [0.5, 0.6) is 5.75 Å². The Morgan fingerprint density at radius 3 is 2.17 bits per heavy atom. The van der Waals surface area contributed by atoms with Crippen LogP contribution >= 0.6 is 0 Å². The molecule has 1 aromatic carbocycles. The molecule has 2 amide bonds. The molecule has 0 spiro atoms. The third-order valence-electron chi connectivity index (χ3n) is 4.31. The zero-order valence-electron chi connectivity index (χ0n) is 17.8. The van der Waals surface area contributed by atoms with Gasteiger partial charge in [-0.25, -0.2) is 5.43 Å². The van der Waals surface area contributed by atoms with E-state index < -0.39 is 11.8 Å². The number of phenolic OH excluding ortho intramolecular Hbond substituents is 1. The molecule has 0 fully saturated rings. The SMILES string of the molecule is CC(C)(C)c1cc(/C=N/NC(=O)CNC(=O)c2ccco2)cc(C(C)(C)C)c1O. The average molecular weight is 399 g/mol. The van der Waals surface area contributed by atoms with Gasteiger partial charge in [0.15, 0.2) is 5.76 Å². The summed E-state index contributed by atoms with van der Waals surface area (Å²) in [6.45, 7) is 11.9. The van der Waals surface area contributed by atoms with Crippen LogP contribution in [-0.2, 0) is 15.6 Å². The lowest BCUT2D eigenvalue weighted by Gasteiger charge is -2.27. The Kier molecular flexibility index (Phi) is 6.51. The lowest BCUT2D eigenvalue weighted by molar-refractivity contribution is -0.120. The molecule has 0 bridgehead atoms. The molecule has 2 aromatic rings. The summed E-state index contributed by atoms with van der Waals surface area (Å²) in [5.74, 6) is -0.522. The van der Waals surface area contributed by atoms with Crippen LogP contribution in [0.1, 0.15) is 68.8 Å². The third-order valence-corrected chi connectivity index (χ3v) is 4.31. The Balaban J connectivity index is 2.09. The number of amides is 2. The van der Waals surface area contributed by atoms with Crippen molar-refractivity contribution in [1.82, 2.24) is 10.7 Å². The van der Waals surface area contributed by atoms with Crippen molar-refractivity contribution in [3.8, 4) is 5.75 Å². The van der Waals surface area contributed by atoms with Crippen molar-refractivity contribution < 1.29 is 19.1 Å². The zero-order chi connectivity index (χ0) is 21.8. The molecule has 1 heterocycles. The monoisotopic (exact) mass is 399 g/mol. The van der Waals surface area contributed by atoms with Gasteiger partial charge >= 0.3 is 0 Å². The quantitative estimate of drug-likeness (QED) is 0.529.